The van der Waals surface area contributed by atoms with Gasteiger partial charge in [0.2, 0.25) is 0 Å². The molecule has 0 bridgehead atoms. The van der Waals surface area contributed by atoms with Crippen molar-refractivity contribution in [1.29, 1.82) is 0 Å². The van der Waals surface area contributed by atoms with E-state index in [4.69, 9.17) is 0 Å². The number of pyridine rings is 3. The molecule has 0 spiro atoms. The fraction of sp³-hybridized carbons (Fsp3) is 0.238. The summed E-state index contributed by atoms with van der Waals surface area (Å²) in [5, 5.41) is 5.47. The monoisotopic (exact) mass is 463 g/mol. The highest BCUT2D eigenvalue weighted by Gasteiger charge is 2.30. The molecule has 3 aromatic rings. The van der Waals surface area contributed by atoms with E-state index in [1.165, 1.54) is 36.8 Å². The van der Waals surface area contributed by atoms with Gasteiger partial charge in [0, 0.05) is 29.9 Å². The van der Waals surface area contributed by atoms with Crippen LogP contribution in [0.4, 0.5) is 30.5 Å². The van der Waals surface area contributed by atoms with Gasteiger partial charge in [0.15, 0.2) is 0 Å². The Labute approximate surface area is 185 Å². The summed E-state index contributed by atoms with van der Waals surface area (Å²) in [5.41, 5.74) is -0.294. The predicted octanol–water partition coefficient (Wildman–Crippen LogP) is 4.65. The molecular formula is C21H20F3N5O2S. The fourth-order valence-corrected chi connectivity index (χ4v) is 4.01. The first kappa shape index (κ1) is 23.3. The zero-order valence-electron chi connectivity index (χ0n) is 17.2. The lowest BCUT2D eigenvalue weighted by atomic mass is 10.2. The molecule has 0 saturated heterocycles. The molecule has 1 amide bonds. The van der Waals surface area contributed by atoms with Crippen molar-refractivity contribution in [3.63, 3.8) is 0 Å². The van der Waals surface area contributed by atoms with Crippen molar-refractivity contribution in [1.82, 2.24) is 15.0 Å². The molecule has 0 aliphatic rings. The summed E-state index contributed by atoms with van der Waals surface area (Å²) in [6.45, 7) is 3.91. The number of hydrogen-bond donors (Lipinski definition) is 2. The van der Waals surface area contributed by atoms with E-state index < -0.39 is 28.4 Å². The van der Waals surface area contributed by atoms with E-state index in [-0.39, 0.29) is 23.1 Å². The first-order chi connectivity index (χ1) is 15.1. The molecule has 0 saturated carbocycles. The van der Waals surface area contributed by atoms with Gasteiger partial charge in [0.25, 0.3) is 5.91 Å². The van der Waals surface area contributed by atoms with Gasteiger partial charge in [-0.1, -0.05) is 13.8 Å². The average molecular weight is 463 g/mol. The van der Waals surface area contributed by atoms with Crippen LogP contribution in [-0.2, 0) is 17.0 Å². The van der Waals surface area contributed by atoms with Gasteiger partial charge in [0.1, 0.15) is 11.6 Å². The highest BCUT2D eigenvalue weighted by molar-refractivity contribution is 7.85. The number of anilines is 3. The summed E-state index contributed by atoms with van der Waals surface area (Å²) < 4.78 is 50.6. The molecule has 0 aliphatic carbocycles. The SMILES string of the molecule is CC(C)CS(=O)c1ccncc1NC(=O)c1ccnc(Nc2ccc(C(F)(F)F)cn2)c1. The Kier molecular flexibility index (Phi) is 7.18. The van der Waals surface area contributed by atoms with Gasteiger partial charge in [-0.2, -0.15) is 13.2 Å². The van der Waals surface area contributed by atoms with Gasteiger partial charge in [-0.15, -0.1) is 0 Å². The summed E-state index contributed by atoms with van der Waals surface area (Å²) in [6, 6.07) is 6.57. The lowest BCUT2D eigenvalue weighted by molar-refractivity contribution is -0.137. The maximum atomic E-state index is 12.7. The number of nitrogens with one attached hydrogen (secondary N) is 2. The minimum absolute atomic E-state index is 0.140. The van der Waals surface area contributed by atoms with Crippen LogP contribution in [-0.4, -0.2) is 30.8 Å². The van der Waals surface area contributed by atoms with Crippen LogP contribution in [0.5, 0.6) is 0 Å². The van der Waals surface area contributed by atoms with Crippen molar-refractivity contribution >= 4 is 34.0 Å². The number of nitrogens with zero attached hydrogens (tertiary/aromatic N) is 3. The van der Waals surface area contributed by atoms with E-state index in [0.717, 1.165) is 6.07 Å². The number of alkyl halides is 3. The quantitative estimate of drug-likeness (QED) is 0.530. The highest BCUT2D eigenvalue weighted by atomic mass is 32.2. The van der Waals surface area contributed by atoms with E-state index in [2.05, 4.69) is 25.6 Å². The summed E-state index contributed by atoms with van der Waals surface area (Å²) in [4.78, 5) is 25.0. The van der Waals surface area contributed by atoms with Crippen molar-refractivity contribution in [3.05, 3.63) is 66.2 Å². The highest BCUT2D eigenvalue weighted by Crippen LogP contribution is 2.29. The molecule has 11 heteroatoms. The van der Waals surface area contributed by atoms with Gasteiger partial charge in [-0.25, -0.2) is 9.97 Å². The minimum Gasteiger partial charge on any atom is -0.325 e. The van der Waals surface area contributed by atoms with E-state index in [1.54, 1.807) is 6.07 Å². The average Bonchev–Trinajstić information content (AvgIpc) is 2.73. The van der Waals surface area contributed by atoms with Crippen molar-refractivity contribution in [2.75, 3.05) is 16.4 Å². The second-order valence-electron chi connectivity index (χ2n) is 7.22. The molecule has 0 aromatic carbocycles. The van der Waals surface area contributed by atoms with Crippen molar-refractivity contribution in [3.8, 4) is 0 Å². The van der Waals surface area contributed by atoms with Crippen LogP contribution in [0.2, 0.25) is 0 Å². The topological polar surface area (TPSA) is 96.9 Å². The third kappa shape index (κ3) is 6.10. The third-order valence-corrected chi connectivity index (χ3v) is 5.94. The maximum Gasteiger partial charge on any atom is 0.417 e. The Balaban J connectivity index is 1.75. The smallest absolute Gasteiger partial charge is 0.325 e. The van der Waals surface area contributed by atoms with Crippen molar-refractivity contribution in [2.24, 2.45) is 5.92 Å². The predicted molar refractivity (Wildman–Crippen MR) is 115 cm³/mol. The van der Waals surface area contributed by atoms with Crippen LogP contribution in [0.15, 0.2) is 60.0 Å². The first-order valence-electron chi connectivity index (χ1n) is 9.53. The minimum atomic E-state index is -4.48. The third-order valence-electron chi connectivity index (χ3n) is 4.13. The molecule has 1 unspecified atom stereocenters. The molecule has 3 rings (SSSR count). The molecule has 3 heterocycles. The number of halogens is 3. The molecule has 0 fully saturated rings. The van der Waals surface area contributed by atoms with Crippen LogP contribution in [0, 0.1) is 5.92 Å². The summed E-state index contributed by atoms with van der Waals surface area (Å²) in [6.07, 6.45) is 0.543. The van der Waals surface area contributed by atoms with Crippen LogP contribution >= 0.6 is 0 Å². The number of rotatable bonds is 7. The normalized spacial score (nSPS) is 12.4. The van der Waals surface area contributed by atoms with Crippen molar-refractivity contribution < 1.29 is 22.2 Å². The number of hydrogen-bond acceptors (Lipinski definition) is 6. The van der Waals surface area contributed by atoms with E-state index in [9.17, 15) is 22.2 Å². The van der Waals surface area contributed by atoms with Gasteiger partial charge in [-0.3, -0.25) is 14.0 Å². The largest absolute Gasteiger partial charge is 0.417 e. The molecule has 168 valence electrons. The van der Waals surface area contributed by atoms with Crippen LogP contribution in [0.25, 0.3) is 0 Å². The van der Waals surface area contributed by atoms with Gasteiger partial charge < -0.3 is 10.6 Å². The molecule has 1 atom stereocenters. The summed E-state index contributed by atoms with van der Waals surface area (Å²) in [5.74, 6) is 0.532. The second kappa shape index (κ2) is 9.86. The van der Waals surface area contributed by atoms with Crippen LogP contribution in [0.1, 0.15) is 29.8 Å². The summed E-state index contributed by atoms with van der Waals surface area (Å²) in [7, 11) is -1.31. The number of carbonyl (C=O) groups excluding carboxylic acids is 1. The van der Waals surface area contributed by atoms with E-state index >= 15 is 0 Å². The lowest BCUT2D eigenvalue weighted by Gasteiger charge is -2.12. The summed E-state index contributed by atoms with van der Waals surface area (Å²) >= 11 is 0. The Morgan fingerprint density at radius 1 is 1.06 bits per heavy atom. The standard InChI is InChI=1S/C21H20F3N5O2S/c1-13(2)12-32(31)17-6-7-25-11-16(17)28-20(30)14-5-8-26-19(9-14)29-18-4-3-15(10-27-18)21(22,23)24/h3-11,13H,12H2,1-2H3,(H,28,30)(H,26,27,29). The molecule has 3 aromatic heterocycles. The molecule has 0 aliphatic heterocycles. The number of amides is 1. The fourth-order valence-electron chi connectivity index (χ4n) is 2.67. The number of aromatic nitrogens is 3. The zero-order valence-corrected chi connectivity index (χ0v) is 18.0. The Morgan fingerprint density at radius 3 is 2.50 bits per heavy atom. The molecule has 7 nitrogen and oxygen atoms in total. The molecule has 0 radical (unpaired) electrons. The molecular weight excluding hydrogens is 443 g/mol. The Morgan fingerprint density at radius 2 is 1.84 bits per heavy atom. The second-order valence-corrected chi connectivity index (χ2v) is 8.68. The van der Waals surface area contributed by atoms with Gasteiger partial charge in [-0.05, 0) is 36.2 Å². The zero-order chi connectivity index (χ0) is 23.3. The van der Waals surface area contributed by atoms with E-state index in [0.29, 0.717) is 22.5 Å². The number of carbonyl (C=O) groups is 1. The molecule has 2 N–H and O–H groups in total. The Bertz CT molecular complexity index is 1120. The molecule has 32 heavy (non-hydrogen) atoms. The van der Waals surface area contributed by atoms with Crippen molar-refractivity contribution in [2.45, 2.75) is 24.9 Å². The van der Waals surface area contributed by atoms with Crippen LogP contribution < -0.4 is 10.6 Å². The van der Waals surface area contributed by atoms with Gasteiger partial charge >= 0.3 is 6.18 Å². The van der Waals surface area contributed by atoms with E-state index in [1.807, 2.05) is 13.8 Å². The van der Waals surface area contributed by atoms with Crippen LogP contribution in [0.3, 0.4) is 0 Å². The first-order valence-corrected chi connectivity index (χ1v) is 10.9. The Hall–Kier alpha value is -3.34. The lowest BCUT2D eigenvalue weighted by Crippen LogP contribution is -2.15. The van der Waals surface area contributed by atoms with Gasteiger partial charge in [0.05, 0.1) is 33.1 Å². The maximum absolute atomic E-state index is 12.7.